The first-order valence-electron chi connectivity index (χ1n) is 6.56. The molecule has 3 nitrogen and oxygen atoms in total. The maximum Gasteiger partial charge on any atom is 0.134 e. The van der Waals surface area contributed by atoms with Gasteiger partial charge in [0.1, 0.15) is 11.5 Å². The molecule has 0 unspecified atom stereocenters. The van der Waals surface area contributed by atoms with Crippen molar-refractivity contribution in [2.45, 2.75) is 33.4 Å². The Morgan fingerprint density at radius 2 is 2.11 bits per heavy atom. The summed E-state index contributed by atoms with van der Waals surface area (Å²) in [5, 5.41) is 3.38. The van der Waals surface area contributed by atoms with E-state index in [0.717, 1.165) is 23.6 Å². The van der Waals surface area contributed by atoms with Crippen LogP contribution in [-0.2, 0) is 6.54 Å². The van der Waals surface area contributed by atoms with Crippen molar-refractivity contribution in [1.29, 1.82) is 0 Å². The number of hydrogen-bond acceptors (Lipinski definition) is 3. The SMILES string of the molecule is Cc1cccc(Oc2ccncc2CNC(C)C)c1. The molecule has 1 aromatic heterocycles. The van der Waals surface area contributed by atoms with E-state index in [9.17, 15) is 0 Å². The van der Waals surface area contributed by atoms with E-state index in [2.05, 4.69) is 37.1 Å². The Kier molecular flexibility index (Phi) is 4.53. The first-order chi connectivity index (χ1) is 9.15. The summed E-state index contributed by atoms with van der Waals surface area (Å²) in [4.78, 5) is 4.16. The number of ether oxygens (including phenoxy) is 1. The second kappa shape index (κ2) is 6.34. The van der Waals surface area contributed by atoms with Crippen molar-refractivity contribution < 1.29 is 4.74 Å². The predicted molar refractivity (Wildman–Crippen MR) is 77.5 cm³/mol. The molecule has 1 heterocycles. The summed E-state index contributed by atoms with van der Waals surface area (Å²) in [6.07, 6.45) is 3.60. The summed E-state index contributed by atoms with van der Waals surface area (Å²) in [7, 11) is 0. The third-order valence-electron chi connectivity index (χ3n) is 2.78. The van der Waals surface area contributed by atoms with Crippen LogP contribution in [0.15, 0.2) is 42.7 Å². The topological polar surface area (TPSA) is 34.1 Å². The van der Waals surface area contributed by atoms with Gasteiger partial charge in [-0.25, -0.2) is 0 Å². The van der Waals surface area contributed by atoms with Crippen LogP contribution in [0.1, 0.15) is 25.0 Å². The maximum absolute atomic E-state index is 5.94. The van der Waals surface area contributed by atoms with Crippen LogP contribution in [-0.4, -0.2) is 11.0 Å². The molecule has 0 amide bonds. The van der Waals surface area contributed by atoms with Crippen LogP contribution >= 0.6 is 0 Å². The predicted octanol–water partition coefficient (Wildman–Crippen LogP) is 3.68. The van der Waals surface area contributed by atoms with Crippen LogP contribution in [0.3, 0.4) is 0 Å². The molecule has 1 N–H and O–H groups in total. The number of hydrogen-bond donors (Lipinski definition) is 1. The Morgan fingerprint density at radius 3 is 2.84 bits per heavy atom. The summed E-state index contributed by atoms with van der Waals surface area (Å²) in [5.41, 5.74) is 2.26. The number of pyridine rings is 1. The van der Waals surface area contributed by atoms with E-state index in [1.807, 2.05) is 30.5 Å². The summed E-state index contributed by atoms with van der Waals surface area (Å²) < 4.78 is 5.94. The highest BCUT2D eigenvalue weighted by molar-refractivity contribution is 5.37. The van der Waals surface area contributed by atoms with Crippen molar-refractivity contribution in [2.24, 2.45) is 0 Å². The van der Waals surface area contributed by atoms with Crippen molar-refractivity contribution in [1.82, 2.24) is 10.3 Å². The highest BCUT2D eigenvalue weighted by Gasteiger charge is 2.05. The molecule has 100 valence electrons. The molecule has 0 saturated heterocycles. The molecule has 1 aromatic carbocycles. The Labute approximate surface area is 114 Å². The average Bonchev–Trinajstić information content (AvgIpc) is 2.38. The van der Waals surface area contributed by atoms with Crippen LogP contribution in [0, 0.1) is 6.92 Å². The van der Waals surface area contributed by atoms with Gasteiger partial charge >= 0.3 is 0 Å². The lowest BCUT2D eigenvalue weighted by Gasteiger charge is -2.13. The highest BCUT2D eigenvalue weighted by Crippen LogP contribution is 2.25. The zero-order chi connectivity index (χ0) is 13.7. The normalized spacial score (nSPS) is 10.7. The quantitative estimate of drug-likeness (QED) is 0.886. The average molecular weight is 256 g/mol. The number of nitrogens with one attached hydrogen (secondary N) is 1. The van der Waals surface area contributed by atoms with Crippen molar-refractivity contribution in [3.8, 4) is 11.5 Å². The van der Waals surface area contributed by atoms with E-state index in [0.29, 0.717) is 6.04 Å². The second-order valence-corrected chi connectivity index (χ2v) is 4.94. The van der Waals surface area contributed by atoms with Gasteiger partial charge in [-0.05, 0) is 30.7 Å². The standard InChI is InChI=1S/C16H20N2O/c1-12(2)18-11-14-10-17-8-7-16(14)19-15-6-4-5-13(3)9-15/h4-10,12,18H,11H2,1-3H3. The number of benzene rings is 1. The van der Waals surface area contributed by atoms with Crippen molar-refractivity contribution >= 4 is 0 Å². The van der Waals surface area contributed by atoms with Gasteiger partial charge in [0.15, 0.2) is 0 Å². The smallest absolute Gasteiger partial charge is 0.134 e. The van der Waals surface area contributed by atoms with E-state index in [1.165, 1.54) is 5.56 Å². The fraction of sp³-hybridized carbons (Fsp3) is 0.312. The molecule has 3 heteroatoms. The van der Waals surface area contributed by atoms with Gasteiger partial charge in [0.2, 0.25) is 0 Å². The van der Waals surface area contributed by atoms with Crippen LogP contribution < -0.4 is 10.1 Å². The Morgan fingerprint density at radius 1 is 1.26 bits per heavy atom. The van der Waals surface area contributed by atoms with Crippen LogP contribution in [0.2, 0.25) is 0 Å². The molecule has 0 aliphatic carbocycles. The first kappa shape index (κ1) is 13.6. The number of nitrogens with zero attached hydrogens (tertiary/aromatic N) is 1. The number of rotatable bonds is 5. The molecule has 19 heavy (non-hydrogen) atoms. The maximum atomic E-state index is 5.94. The van der Waals surface area contributed by atoms with Gasteiger partial charge in [-0.1, -0.05) is 26.0 Å². The van der Waals surface area contributed by atoms with E-state index in [-0.39, 0.29) is 0 Å². The molecule has 0 spiro atoms. The summed E-state index contributed by atoms with van der Waals surface area (Å²) >= 11 is 0. The van der Waals surface area contributed by atoms with Gasteiger partial charge in [-0.3, -0.25) is 4.98 Å². The summed E-state index contributed by atoms with van der Waals surface area (Å²) in [5.74, 6) is 1.71. The number of aromatic nitrogens is 1. The van der Waals surface area contributed by atoms with Crippen molar-refractivity contribution in [3.63, 3.8) is 0 Å². The van der Waals surface area contributed by atoms with E-state index in [1.54, 1.807) is 6.20 Å². The van der Waals surface area contributed by atoms with Crippen LogP contribution in [0.4, 0.5) is 0 Å². The Hall–Kier alpha value is -1.87. The minimum Gasteiger partial charge on any atom is -0.457 e. The fourth-order valence-electron chi connectivity index (χ4n) is 1.77. The van der Waals surface area contributed by atoms with Gasteiger partial charge in [0.25, 0.3) is 0 Å². The molecule has 0 saturated carbocycles. The molecular formula is C16H20N2O. The third-order valence-corrected chi connectivity index (χ3v) is 2.78. The zero-order valence-electron chi connectivity index (χ0n) is 11.7. The molecule has 0 fully saturated rings. The molecule has 0 aliphatic rings. The third kappa shape index (κ3) is 4.07. The molecular weight excluding hydrogens is 236 g/mol. The molecule has 2 aromatic rings. The minimum absolute atomic E-state index is 0.437. The highest BCUT2D eigenvalue weighted by atomic mass is 16.5. The lowest BCUT2D eigenvalue weighted by atomic mass is 10.2. The van der Waals surface area contributed by atoms with Gasteiger partial charge < -0.3 is 10.1 Å². The number of aryl methyl sites for hydroxylation is 1. The monoisotopic (exact) mass is 256 g/mol. The zero-order valence-corrected chi connectivity index (χ0v) is 11.7. The molecule has 0 bridgehead atoms. The molecule has 0 aliphatic heterocycles. The molecule has 0 radical (unpaired) electrons. The van der Waals surface area contributed by atoms with Gasteiger partial charge in [-0.15, -0.1) is 0 Å². The minimum atomic E-state index is 0.437. The van der Waals surface area contributed by atoms with Gasteiger partial charge in [-0.2, -0.15) is 0 Å². The summed E-state index contributed by atoms with van der Waals surface area (Å²) in [6.45, 7) is 7.06. The van der Waals surface area contributed by atoms with E-state index >= 15 is 0 Å². The lowest BCUT2D eigenvalue weighted by molar-refractivity contribution is 0.468. The fourth-order valence-corrected chi connectivity index (χ4v) is 1.77. The van der Waals surface area contributed by atoms with Crippen LogP contribution in [0.5, 0.6) is 11.5 Å². The van der Waals surface area contributed by atoms with E-state index in [4.69, 9.17) is 4.74 Å². The van der Waals surface area contributed by atoms with Crippen molar-refractivity contribution in [3.05, 3.63) is 53.9 Å². The lowest BCUT2D eigenvalue weighted by Crippen LogP contribution is -2.22. The first-order valence-corrected chi connectivity index (χ1v) is 6.56. The van der Waals surface area contributed by atoms with Gasteiger partial charge in [0.05, 0.1) is 0 Å². The summed E-state index contributed by atoms with van der Waals surface area (Å²) in [6, 6.07) is 10.4. The van der Waals surface area contributed by atoms with Gasteiger partial charge in [0, 0.05) is 30.5 Å². The molecule has 2 rings (SSSR count). The van der Waals surface area contributed by atoms with E-state index < -0.39 is 0 Å². The molecule has 0 atom stereocenters. The Balaban J connectivity index is 2.15. The van der Waals surface area contributed by atoms with Crippen LogP contribution in [0.25, 0.3) is 0 Å². The second-order valence-electron chi connectivity index (χ2n) is 4.94. The Bertz CT molecular complexity index is 538. The van der Waals surface area contributed by atoms with Crippen molar-refractivity contribution in [2.75, 3.05) is 0 Å². The largest absolute Gasteiger partial charge is 0.457 e.